The van der Waals surface area contributed by atoms with Crippen LogP contribution in [-0.2, 0) is 11.3 Å². The van der Waals surface area contributed by atoms with Gasteiger partial charge in [0.2, 0.25) is 0 Å². The van der Waals surface area contributed by atoms with Gasteiger partial charge in [-0.15, -0.1) is 0 Å². The summed E-state index contributed by atoms with van der Waals surface area (Å²) in [6.45, 7) is 2.34. The monoisotopic (exact) mass is 272 g/mol. The second-order valence-corrected chi connectivity index (χ2v) is 5.58. The third-order valence-electron chi connectivity index (χ3n) is 3.77. The fraction of sp³-hybridized carbons (Fsp3) is 0.500. The van der Waals surface area contributed by atoms with E-state index in [1.54, 1.807) is 0 Å². The molecule has 4 nitrogen and oxygen atoms in total. The number of ether oxygens (including phenoxy) is 1. The van der Waals surface area contributed by atoms with Gasteiger partial charge >= 0.3 is 6.09 Å². The van der Waals surface area contributed by atoms with Crippen LogP contribution in [0.2, 0.25) is 0 Å². The fourth-order valence-electron chi connectivity index (χ4n) is 2.75. The largest absolute Gasteiger partial charge is 0.445 e. The molecule has 1 N–H and O–H groups in total. The number of alkyl carbamates (subject to hydrolysis) is 1. The molecule has 0 saturated heterocycles. The van der Waals surface area contributed by atoms with Crippen LogP contribution in [0.5, 0.6) is 0 Å². The van der Waals surface area contributed by atoms with Crippen molar-refractivity contribution in [3.8, 4) is 6.07 Å². The van der Waals surface area contributed by atoms with Gasteiger partial charge in [-0.25, -0.2) is 4.79 Å². The Kier molecular flexibility index (Phi) is 4.62. The molecule has 1 saturated carbocycles. The van der Waals surface area contributed by atoms with Gasteiger partial charge < -0.3 is 10.1 Å². The Morgan fingerprint density at radius 1 is 1.50 bits per heavy atom. The molecule has 2 rings (SSSR count). The molecule has 4 heteroatoms. The van der Waals surface area contributed by atoms with E-state index < -0.39 is 11.6 Å². The van der Waals surface area contributed by atoms with Gasteiger partial charge in [0.25, 0.3) is 0 Å². The smallest absolute Gasteiger partial charge is 0.408 e. The Labute approximate surface area is 119 Å². The SMILES string of the molecule is CC1CCCC(C#N)(NC(=O)OCc2ccccc2)C1. The lowest BCUT2D eigenvalue weighted by Crippen LogP contribution is -2.50. The lowest BCUT2D eigenvalue weighted by molar-refractivity contribution is 0.122. The minimum atomic E-state index is -0.758. The second-order valence-electron chi connectivity index (χ2n) is 5.58. The van der Waals surface area contributed by atoms with E-state index in [1.807, 2.05) is 30.3 Å². The first-order valence-corrected chi connectivity index (χ1v) is 7.04. The van der Waals surface area contributed by atoms with E-state index in [9.17, 15) is 10.1 Å². The van der Waals surface area contributed by atoms with E-state index in [2.05, 4.69) is 18.3 Å². The summed E-state index contributed by atoms with van der Waals surface area (Å²) in [5, 5.41) is 12.1. The molecule has 1 aromatic carbocycles. The van der Waals surface area contributed by atoms with Crippen molar-refractivity contribution in [3.05, 3.63) is 35.9 Å². The maximum atomic E-state index is 11.9. The third kappa shape index (κ3) is 3.74. The maximum absolute atomic E-state index is 11.9. The van der Waals surface area contributed by atoms with Crippen LogP contribution in [0.15, 0.2) is 30.3 Å². The molecule has 0 heterocycles. The molecule has 1 aromatic rings. The summed E-state index contributed by atoms with van der Waals surface area (Å²) in [4.78, 5) is 11.9. The molecule has 0 aliphatic heterocycles. The molecule has 1 fully saturated rings. The molecule has 1 amide bonds. The number of hydrogen-bond acceptors (Lipinski definition) is 3. The lowest BCUT2D eigenvalue weighted by Gasteiger charge is -2.34. The van der Waals surface area contributed by atoms with E-state index in [0.717, 1.165) is 18.4 Å². The average molecular weight is 272 g/mol. The minimum absolute atomic E-state index is 0.226. The summed E-state index contributed by atoms with van der Waals surface area (Å²) >= 11 is 0. The number of hydrogen-bond donors (Lipinski definition) is 1. The number of nitrogens with one attached hydrogen (secondary N) is 1. The second kappa shape index (κ2) is 6.42. The first-order valence-electron chi connectivity index (χ1n) is 7.04. The van der Waals surface area contributed by atoms with Gasteiger partial charge in [0.1, 0.15) is 12.1 Å². The minimum Gasteiger partial charge on any atom is -0.445 e. The topological polar surface area (TPSA) is 62.1 Å². The summed E-state index contributed by atoms with van der Waals surface area (Å²) in [6, 6.07) is 11.8. The van der Waals surface area contributed by atoms with E-state index in [0.29, 0.717) is 18.8 Å². The maximum Gasteiger partial charge on any atom is 0.408 e. The zero-order valence-electron chi connectivity index (χ0n) is 11.8. The van der Waals surface area contributed by atoms with Crippen molar-refractivity contribution < 1.29 is 9.53 Å². The van der Waals surface area contributed by atoms with Crippen LogP contribution in [0.1, 0.15) is 38.2 Å². The average Bonchev–Trinajstić information content (AvgIpc) is 2.46. The Bertz CT molecular complexity index is 495. The Morgan fingerprint density at radius 2 is 2.25 bits per heavy atom. The summed E-state index contributed by atoms with van der Waals surface area (Å²) in [7, 11) is 0. The normalized spacial score (nSPS) is 25.5. The zero-order chi connectivity index (χ0) is 14.4. The summed E-state index contributed by atoms with van der Waals surface area (Å²) < 4.78 is 5.19. The lowest BCUT2D eigenvalue weighted by atomic mass is 9.77. The number of benzene rings is 1. The van der Waals surface area contributed by atoms with Gasteiger partial charge in [0, 0.05) is 0 Å². The number of carbonyl (C=O) groups excluding carboxylic acids is 1. The molecule has 2 atom stereocenters. The molecule has 0 bridgehead atoms. The highest BCUT2D eigenvalue weighted by Gasteiger charge is 2.36. The van der Waals surface area contributed by atoms with Gasteiger partial charge in [-0.1, -0.05) is 43.7 Å². The van der Waals surface area contributed by atoms with Gasteiger partial charge in [0.15, 0.2) is 0 Å². The van der Waals surface area contributed by atoms with E-state index in [-0.39, 0.29) is 6.61 Å². The number of carbonyl (C=O) groups is 1. The molecule has 2 unspecified atom stereocenters. The molecule has 106 valence electrons. The van der Waals surface area contributed by atoms with Crippen LogP contribution in [0.3, 0.4) is 0 Å². The highest BCUT2D eigenvalue weighted by Crippen LogP contribution is 2.31. The highest BCUT2D eigenvalue weighted by atomic mass is 16.5. The quantitative estimate of drug-likeness (QED) is 0.917. The van der Waals surface area contributed by atoms with Gasteiger partial charge in [-0.2, -0.15) is 5.26 Å². The van der Waals surface area contributed by atoms with Crippen molar-refractivity contribution in [2.45, 2.75) is 44.8 Å². The van der Waals surface area contributed by atoms with Crippen molar-refractivity contribution in [2.75, 3.05) is 0 Å². The van der Waals surface area contributed by atoms with Crippen molar-refractivity contribution >= 4 is 6.09 Å². The van der Waals surface area contributed by atoms with E-state index in [1.165, 1.54) is 0 Å². The summed E-state index contributed by atoms with van der Waals surface area (Å²) in [5.41, 5.74) is 0.177. The van der Waals surface area contributed by atoms with Crippen LogP contribution in [0.4, 0.5) is 4.79 Å². The van der Waals surface area contributed by atoms with Crippen LogP contribution in [-0.4, -0.2) is 11.6 Å². The molecule has 1 aliphatic rings. The van der Waals surface area contributed by atoms with Gasteiger partial charge in [0.05, 0.1) is 6.07 Å². The molecule has 0 spiro atoms. The highest BCUT2D eigenvalue weighted by molar-refractivity contribution is 5.69. The van der Waals surface area contributed by atoms with Crippen molar-refractivity contribution in [3.63, 3.8) is 0 Å². The van der Waals surface area contributed by atoms with Crippen LogP contribution in [0.25, 0.3) is 0 Å². The molecule has 20 heavy (non-hydrogen) atoms. The number of amides is 1. The number of rotatable bonds is 3. The molecule has 0 radical (unpaired) electrons. The summed E-state index contributed by atoms with van der Waals surface area (Å²) in [6.07, 6.45) is 2.97. The van der Waals surface area contributed by atoms with Gasteiger partial charge in [-0.05, 0) is 30.7 Å². The van der Waals surface area contributed by atoms with E-state index >= 15 is 0 Å². The third-order valence-corrected chi connectivity index (χ3v) is 3.77. The molecule has 1 aliphatic carbocycles. The van der Waals surface area contributed by atoms with Crippen LogP contribution < -0.4 is 5.32 Å². The Morgan fingerprint density at radius 3 is 2.90 bits per heavy atom. The predicted octanol–water partition coefficient (Wildman–Crippen LogP) is 3.39. The van der Waals surface area contributed by atoms with Crippen molar-refractivity contribution in [1.29, 1.82) is 5.26 Å². The van der Waals surface area contributed by atoms with Crippen molar-refractivity contribution in [1.82, 2.24) is 5.32 Å². The van der Waals surface area contributed by atoms with Crippen LogP contribution in [0, 0.1) is 17.2 Å². The number of nitriles is 1. The fourth-order valence-corrected chi connectivity index (χ4v) is 2.75. The Hall–Kier alpha value is -2.02. The molecular weight excluding hydrogens is 252 g/mol. The van der Waals surface area contributed by atoms with Crippen LogP contribution >= 0.6 is 0 Å². The first kappa shape index (κ1) is 14.4. The van der Waals surface area contributed by atoms with E-state index in [4.69, 9.17) is 4.74 Å². The van der Waals surface area contributed by atoms with Gasteiger partial charge in [-0.3, -0.25) is 0 Å². The van der Waals surface area contributed by atoms with Crippen molar-refractivity contribution in [2.24, 2.45) is 5.92 Å². The zero-order valence-corrected chi connectivity index (χ0v) is 11.8. The molecule has 0 aromatic heterocycles. The Balaban J connectivity index is 1.88. The predicted molar refractivity (Wildman–Crippen MR) is 75.7 cm³/mol. The summed E-state index contributed by atoms with van der Waals surface area (Å²) in [5.74, 6) is 0.456. The number of nitrogens with zero attached hydrogens (tertiary/aromatic N) is 1. The first-order chi connectivity index (χ1) is 9.63. The molecular formula is C16H20N2O2. The standard InChI is InChI=1S/C16H20N2O2/c1-13-6-5-9-16(10-13,12-17)18-15(19)20-11-14-7-3-2-4-8-14/h2-4,7-8,13H,5-6,9-11H2,1H3,(H,18,19).